The average Bonchev–Trinajstić information content (AvgIpc) is 3.20. The molecule has 2 aromatic carbocycles. The van der Waals surface area contributed by atoms with E-state index in [4.69, 9.17) is 14.2 Å². The molecule has 3 rings (SSSR count). The van der Waals surface area contributed by atoms with Gasteiger partial charge < -0.3 is 19.5 Å². The molecule has 0 spiro atoms. The summed E-state index contributed by atoms with van der Waals surface area (Å²) in [4.78, 5) is 26.8. The van der Waals surface area contributed by atoms with E-state index in [1.54, 1.807) is 19.2 Å². The van der Waals surface area contributed by atoms with Crippen molar-refractivity contribution in [1.29, 1.82) is 0 Å². The third-order valence-electron chi connectivity index (χ3n) is 5.55. The van der Waals surface area contributed by atoms with Crippen LogP contribution in [0.4, 0.5) is 13.2 Å². The van der Waals surface area contributed by atoms with E-state index in [2.05, 4.69) is 5.32 Å². The Hall–Kier alpha value is -3.27. The second-order valence-corrected chi connectivity index (χ2v) is 7.63. The molecule has 10 heteroatoms. The fraction of sp³-hybridized carbons (Fsp3) is 0.391. The van der Waals surface area contributed by atoms with Gasteiger partial charge in [0.15, 0.2) is 0 Å². The van der Waals surface area contributed by atoms with Gasteiger partial charge in [-0.2, -0.15) is 13.2 Å². The molecular weight excluding hydrogens is 441 g/mol. The van der Waals surface area contributed by atoms with Crippen molar-refractivity contribution in [2.45, 2.75) is 31.2 Å². The van der Waals surface area contributed by atoms with Crippen LogP contribution in [0, 0.1) is 0 Å². The van der Waals surface area contributed by atoms with E-state index in [0.29, 0.717) is 31.0 Å². The molecule has 2 atom stereocenters. The van der Waals surface area contributed by atoms with Crippen molar-refractivity contribution < 1.29 is 37.0 Å². The van der Waals surface area contributed by atoms with E-state index in [9.17, 15) is 22.8 Å². The Morgan fingerprint density at radius 1 is 1.06 bits per heavy atom. The number of nitrogens with one attached hydrogen (secondary N) is 1. The van der Waals surface area contributed by atoms with Crippen molar-refractivity contribution in [3.63, 3.8) is 0 Å². The Bertz CT molecular complexity index is 995. The summed E-state index contributed by atoms with van der Waals surface area (Å²) < 4.78 is 53.8. The van der Waals surface area contributed by atoms with Gasteiger partial charge in [0.25, 0.3) is 5.91 Å². The SMILES string of the molecule is COC(=O)[C@@H]1C[C@H](NC(=O)c2ccc(C(F)(F)F)cc2)CN1Cc1ccc(OC)cc1OC. The topological polar surface area (TPSA) is 77.1 Å². The molecule has 1 heterocycles. The number of hydrogen-bond donors (Lipinski definition) is 1. The van der Waals surface area contributed by atoms with E-state index in [1.807, 2.05) is 11.0 Å². The zero-order valence-electron chi connectivity index (χ0n) is 18.4. The van der Waals surface area contributed by atoms with Crippen molar-refractivity contribution >= 4 is 11.9 Å². The molecule has 1 fully saturated rings. The lowest BCUT2D eigenvalue weighted by Gasteiger charge is -2.23. The predicted octanol–water partition coefficient (Wildman–Crippen LogP) is 3.27. The molecule has 1 aliphatic rings. The molecule has 0 aromatic heterocycles. The Morgan fingerprint density at radius 2 is 1.76 bits per heavy atom. The van der Waals surface area contributed by atoms with Crippen LogP contribution in [0.5, 0.6) is 11.5 Å². The number of hydrogen-bond acceptors (Lipinski definition) is 6. The van der Waals surface area contributed by atoms with E-state index in [0.717, 1.165) is 29.8 Å². The van der Waals surface area contributed by atoms with Gasteiger partial charge in [-0.05, 0) is 36.8 Å². The molecule has 33 heavy (non-hydrogen) atoms. The largest absolute Gasteiger partial charge is 0.497 e. The fourth-order valence-electron chi connectivity index (χ4n) is 3.84. The van der Waals surface area contributed by atoms with Gasteiger partial charge in [-0.25, -0.2) is 0 Å². The summed E-state index contributed by atoms with van der Waals surface area (Å²) in [6, 6.07) is 8.35. The van der Waals surface area contributed by atoms with Crippen LogP contribution in [0.15, 0.2) is 42.5 Å². The second-order valence-electron chi connectivity index (χ2n) is 7.63. The van der Waals surface area contributed by atoms with Crippen molar-refractivity contribution in [2.24, 2.45) is 0 Å². The normalized spacial score (nSPS) is 18.6. The molecule has 0 saturated carbocycles. The van der Waals surface area contributed by atoms with E-state index in [1.165, 1.54) is 14.2 Å². The molecule has 1 saturated heterocycles. The molecule has 0 aliphatic carbocycles. The Labute approximate surface area is 189 Å². The van der Waals surface area contributed by atoms with Crippen molar-refractivity contribution in [3.8, 4) is 11.5 Å². The van der Waals surface area contributed by atoms with Crippen LogP contribution in [0.25, 0.3) is 0 Å². The van der Waals surface area contributed by atoms with Gasteiger partial charge in [0.2, 0.25) is 0 Å². The standard InChI is InChI=1S/C23H25F3N2O5/c1-31-18-9-6-15(20(11-18)32-2)12-28-13-17(10-19(28)22(30)33-3)27-21(29)14-4-7-16(8-5-14)23(24,25)26/h4-9,11,17,19H,10,12-13H2,1-3H3,(H,27,29)/t17-,19-/m0/s1. The molecular formula is C23H25F3N2O5. The van der Waals surface area contributed by atoms with Crippen molar-refractivity contribution in [2.75, 3.05) is 27.9 Å². The van der Waals surface area contributed by atoms with Gasteiger partial charge in [-0.15, -0.1) is 0 Å². The van der Waals surface area contributed by atoms with E-state index < -0.39 is 35.7 Å². The van der Waals surface area contributed by atoms with Crippen LogP contribution in [0.3, 0.4) is 0 Å². The van der Waals surface area contributed by atoms with Gasteiger partial charge in [-0.3, -0.25) is 14.5 Å². The monoisotopic (exact) mass is 466 g/mol. The summed E-state index contributed by atoms with van der Waals surface area (Å²) in [7, 11) is 4.38. The number of likely N-dealkylation sites (tertiary alicyclic amines) is 1. The summed E-state index contributed by atoms with van der Waals surface area (Å²) in [5.74, 6) is 0.272. The summed E-state index contributed by atoms with van der Waals surface area (Å²) >= 11 is 0. The number of benzene rings is 2. The van der Waals surface area contributed by atoms with Crippen LogP contribution in [-0.2, 0) is 22.3 Å². The number of carbonyl (C=O) groups is 2. The molecule has 1 amide bonds. The number of methoxy groups -OCH3 is 3. The maximum atomic E-state index is 12.8. The first-order valence-corrected chi connectivity index (χ1v) is 10.2. The first kappa shape index (κ1) is 24.4. The van der Waals surface area contributed by atoms with E-state index in [-0.39, 0.29) is 5.56 Å². The maximum Gasteiger partial charge on any atom is 0.416 e. The minimum absolute atomic E-state index is 0.105. The van der Waals surface area contributed by atoms with Crippen LogP contribution < -0.4 is 14.8 Å². The summed E-state index contributed by atoms with van der Waals surface area (Å²) in [6.45, 7) is 0.709. The number of halogens is 3. The van der Waals surface area contributed by atoms with Crippen LogP contribution >= 0.6 is 0 Å². The van der Waals surface area contributed by atoms with Gasteiger partial charge >= 0.3 is 12.1 Å². The number of ether oxygens (including phenoxy) is 3. The third kappa shape index (κ3) is 5.75. The first-order valence-electron chi connectivity index (χ1n) is 10.2. The highest BCUT2D eigenvalue weighted by atomic mass is 19.4. The lowest BCUT2D eigenvalue weighted by molar-refractivity contribution is -0.146. The number of alkyl halides is 3. The zero-order valence-corrected chi connectivity index (χ0v) is 18.4. The maximum absolute atomic E-state index is 12.8. The van der Waals surface area contributed by atoms with Gasteiger partial charge in [0, 0.05) is 36.3 Å². The molecule has 0 bridgehead atoms. The first-order chi connectivity index (χ1) is 15.7. The molecule has 178 valence electrons. The quantitative estimate of drug-likeness (QED) is 0.632. The third-order valence-corrected chi connectivity index (χ3v) is 5.55. The highest BCUT2D eigenvalue weighted by Gasteiger charge is 2.38. The molecule has 1 aliphatic heterocycles. The molecule has 1 N–H and O–H groups in total. The van der Waals surface area contributed by atoms with Gasteiger partial charge in [0.1, 0.15) is 17.5 Å². The number of esters is 1. The zero-order chi connectivity index (χ0) is 24.2. The van der Waals surface area contributed by atoms with Gasteiger partial charge in [0.05, 0.1) is 26.9 Å². The van der Waals surface area contributed by atoms with Crippen LogP contribution in [0.1, 0.15) is 27.9 Å². The smallest absolute Gasteiger partial charge is 0.416 e. The predicted molar refractivity (Wildman–Crippen MR) is 113 cm³/mol. The summed E-state index contributed by atoms with van der Waals surface area (Å²) in [6.07, 6.45) is -4.17. The Balaban J connectivity index is 1.73. The number of nitrogens with zero attached hydrogens (tertiary/aromatic N) is 1. The van der Waals surface area contributed by atoms with Gasteiger partial charge in [-0.1, -0.05) is 6.07 Å². The number of amides is 1. The average molecular weight is 466 g/mol. The number of rotatable bonds is 7. The van der Waals surface area contributed by atoms with Crippen molar-refractivity contribution in [3.05, 3.63) is 59.2 Å². The summed E-state index contributed by atoms with van der Waals surface area (Å²) in [5.41, 5.74) is 0.0973. The van der Waals surface area contributed by atoms with E-state index >= 15 is 0 Å². The second kappa shape index (κ2) is 10.1. The molecule has 0 unspecified atom stereocenters. The molecule has 7 nitrogen and oxygen atoms in total. The number of carbonyl (C=O) groups excluding carboxylic acids is 2. The lowest BCUT2D eigenvalue weighted by Crippen LogP contribution is -2.37. The van der Waals surface area contributed by atoms with Crippen LogP contribution in [0.2, 0.25) is 0 Å². The lowest BCUT2D eigenvalue weighted by atomic mass is 10.1. The molecule has 0 radical (unpaired) electrons. The fourth-order valence-corrected chi connectivity index (χ4v) is 3.84. The highest BCUT2D eigenvalue weighted by Crippen LogP contribution is 2.30. The minimum Gasteiger partial charge on any atom is -0.497 e. The Kier molecular flexibility index (Phi) is 7.47. The van der Waals surface area contributed by atoms with Crippen molar-refractivity contribution in [1.82, 2.24) is 10.2 Å². The minimum atomic E-state index is -4.47. The highest BCUT2D eigenvalue weighted by molar-refractivity contribution is 5.94. The molecule has 2 aromatic rings. The Morgan fingerprint density at radius 3 is 2.33 bits per heavy atom. The van der Waals surface area contributed by atoms with Crippen LogP contribution in [-0.4, -0.2) is 56.7 Å². The summed E-state index contributed by atoms with van der Waals surface area (Å²) in [5, 5.41) is 2.80.